The van der Waals surface area contributed by atoms with Gasteiger partial charge in [0.1, 0.15) is 18.9 Å². The Kier molecular flexibility index (Phi) is 5.81. The minimum absolute atomic E-state index is 0.181. The number of alkyl halides is 4. The summed E-state index contributed by atoms with van der Waals surface area (Å²) in [5.74, 6) is -0.118. The van der Waals surface area contributed by atoms with Gasteiger partial charge in [-0.1, -0.05) is 0 Å². The highest BCUT2D eigenvalue weighted by molar-refractivity contribution is 6.11. The van der Waals surface area contributed by atoms with E-state index < -0.39 is 32.0 Å². The third-order valence-corrected chi connectivity index (χ3v) is 5.07. The van der Waals surface area contributed by atoms with Crippen molar-refractivity contribution in [2.75, 3.05) is 11.5 Å². The van der Waals surface area contributed by atoms with Gasteiger partial charge in [0.25, 0.3) is 18.8 Å². The Labute approximate surface area is 180 Å². The molecule has 1 atom stereocenters. The average Bonchev–Trinajstić information content (AvgIpc) is 3.28. The zero-order chi connectivity index (χ0) is 23.0. The van der Waals surface area contributed by atoms with E-state index in [-0.39, 0.29) is 11.7 Å². The first-order chi connectivity index (χ1) is 15.2. The normalized spacial score (nSPS) is 15.7. The topological polar surface area (TPSA) is 73.1 Å². The zero-order valence-electron chi connectivity index (χ0n) is 17.2. The van der Waals surface area contributed by atoms with E-state index in [4.69, 9.17) is 4.74 Å². The molecule has 11 heteroatoms. The molecule has 0 aliphatic carbocycles. The van der Waals surface area contributed by atoms with E-state index in [2.05, 4.69) is 15.1 Å². The predicted molar refractivity (Wildman–Crippen MR) is 107 cm³/mol. The first-order valence-corrected chi connectivity index (χ1v) is 9.76. The van der Waals surface area contributed by atoms with Crippen LogP contribution in [0.4, 0.5) is 23.2 Å². The van der Waals surface area contributed by atoms with Crippen molar-refractivity contribution >= 4 is 11.6 Å². The van der Waals surface area contributed by atoms with Crippen molar-refractivity contribution in [3.8, 4) is 17.0 Å². The first-order valence-electron chi connectivity index (χ1n) is 9.76. The van der Waals surface area contributed by atoms with E-state index in [1.807, 2.05) is 0 Å². The Morgan fingerprint density at radius 3 is 2.62 bits per heavy atom. The lowest BCUT2D eigenvalue weighted by Crippen LogP contribution is -2.26. The lowest BCUT2D eigenvalue weighted by Gasteiger charge is -2.19. The highest BCUT2D eigenvalue weighted by atomic mass is 19.3. The molecule has 0 radical (unpaired) electrons. The number of amides is 1. The predicted octanol–water partition coefficient (Wildman–Crippen LogP) is 4.28. The van der Waals surface area contributed by atoms with Gasteiger partial charge in [-0.2, -0.15) is 5.10 Å². The number of pyridine rings is 2. The van der Waals surface area contributed by atoms with E-state index in [0.29, 0.717) is 33.8 Å². The Bertz CT molecular complexity index is 1150. The summed E-state index contributed by atoms with van der Waals surface area (Å²) in [5, 5.41) is 3.91. The van der Waals surface area contributed by atoms with Crippen molar-refractivity contribution in [3.05, 3.63) is 53.7 Å². The molecule has 1 aliphatic rings. The fourth-order valence-electron chi connectivity index (χ4n) is 3.70. The van der Waals surface area contributed by atoms with E-state index in [1.165, 1.54) is 29.7 Å². The Balaban J connectivity index is 1.66. The summed E-state index contributed by atoms with van der Waals surface area (Å²) >= 11 is 0. The summed E-state index contributed by atoms with van der Waals surface area (Å²) in [4.78, 5) is 23.2. The zero-order valence-corrected chi connectivity index (χ0v) is 17.2. The number of nitrogens with zero attached hydrogens (tertiary/aromatic N) is 5. The van der Waals surface area contributed by atoms with Gasteiger partial charge in [-0.25, -0.2) is 22.5 Å². The molecule has 0 aromatic carbocycles. The molecule has 7 nitrogen and oxygen atoms in total. The summed E-state index contributed by atoms with van der Waals surface area (Å²) in [7, 11) is 0. The van der Waals surface area contributed by atoms with Crippen LogP contribution in [-0.4, -0.2) is 45.1 Å². The van der Waals surface area contributed by atoms with Crippen LogP contribution in [0.25, 0.3) is 11.3 Å². The van der Waals surface area contributed by atoms with Gasteiger partial charge in [0.15, 0.2) is 0 Å². The number of ether oxygens (including phenoxy) is 1. The number of anilines is 1. The highest BCUT2D eigenvalue weighted by Crippen LogP contribution is 2.39. The van der Waals surface area contributed by atoms with E-state index in [1.54, 1.807) is 26.0 Å². The van der Waals surface area contributed by atoms with Gasteiger partial charge in [-0.15, -0.1) is 0 Å². The molecule has 32 heavy (non-hydrogen) atoms. The second-order valence-corrected chi connectivity index (χ2v) is 7.36. The van der Waals surface area contributed by atoms with Gasteiger partial charge in [-0.3, -0.25) is 19.4 Å². The van der Waals surface area contributed by atoms with Crippen LogP contribution < -0.4 is 9.64 Å². The summed E-state index contributed by atoms with van der Waals surface area (Å²) in [6, 6.07) is 2.80. The van der Waals surface area contributed by atoms with Gasteiger partial charge < -0.3 is 4.74 Å². The quantitative estimate of drug-likeness (QED) is 0.504. The maximum absolute atomic E-state index is 13.1. The van der Waals surface area contributed by atoms with Crippen molar-refractivity contribution in [2.24, 2.45) is 0 Å². The van der Waals surface area contributed by atoms with E-state index in [0.717, 1.165) is 4.68 Å². The molecule has 3 aromatic heterocycles. The molecule has 0 saturated heterocycles. The number of carbonyl (C=O) groups is 1. The highest BCUT2D eigenvalue weighted by Gasteiger charge is 2.38. The van der Waals surface area contributed by atoms with Gasteiger partial charge in [0, 0.05) is 18.0 Å². The minimum Gasteiger partial charge on any atom is -0.486 e. The third-order valence-electron chi connectivity index (χ3n) is 5.07. The number of carbonyl (C=O) groups excluding carboxylic acids is 1. The fraction of sp³-hybridized carbons (Fsp3) is 0.333. The second kappa shape index (κ2) is 8.56. The molecule has 1 unspecified atom stereocenters. The summed E-state index contributed by atoms with van der Waals surface area (Å²) in [6.07, 6.45) is 0.450. The smallest absolute Gasteiger partial charge is 0.272 e. The number of rotatable bonds is 7. The van der Waals surface area contributed by atoms with Crippen LogP contribution in [0.15, 0.2) is 36.9 Å². The monoisotopic (exact) mass is 449 g/mol. The average molecular weight is 449 g/mol. The van der Waals surface area contributed by atoms with Gasteiger partial charge in [-0.05, 0) is 31.5 Å². The van der Waals surface area contributed by atoms with Crippen molar-refractivity contribution in [1.29, 1.82) is 0 Å². The van der Waals surface area contributed by atoms with Crippen molar-refractivity contribution < 1.29 is 27.1 Å². The Hall–Kier alpha value is -3.50. The molecule has 0 bridgehead atoms. The minimum atomic E-state index is -2.61. The Morgan fingerprint density at radius 2 is 1.91 bits per heavy atom. The van der Waals surface area contributed by atoms with Crippen LogP contribution in [0.2, 0.25) is 0 Å². The maximum atomic E-state index is 13.1. The number of halogens is 4. The van der Waals surface area contributed by atoms with Gasteiger partial charge >= 0.3 is 0 Å². The second-order valence-electron chi connectivity index (χ2n) is 7.36. The number of aromatic nitrogens is 4. The summed E-state index contributed by atoms with van der Waals surface area (Å²) < 4.78 is 56.3. The molecule has 1 aliphatic heterocycles. The summed E-state index contributed by atoms with van der Waals surface area (Å²) in [5.41, 5.74) is 3.07. The van der Waals surface area contributed by atoms with Crippen LogP contribution >= 0.6 is 0 Å². The lowest BCUT2D eigenvalue weighted by molar-refractivity contribution is 0.0817. The van der Waals surface area contributed by atoms with Crippen LogP contribution in [0, 0.1) is 6.92 Å². The van der Waals surface area contributed by atoms with Gasteiger partial charge in [0.2, 0.25) is 0 Å². The molecular weight excluding hydrogens is 430 g/mol. The molecule has 168 valence electrons. The van der Waals surface area contributed by atoms with Crippen LogP contribution in [0.1, 0.15) is 34.6 Å². The molecule has 0 fully saturated rings. The number of aryl methyl sites for hydroxylation is 1. The molecule has 4 heterocycles. The first kappa shape index (κ1) is 21.7. The van der Waals surface area contributed by atoms with E-state index in [9.17, 15) is 22.4 Å². The molecule has 0 N–H and O–H groups in total. The summed E-state index contributed by atoms with van der Waals surface area (Å²) in [6.45, 7) is 2.23. The number of hydrogen-bond acceptors (Lipinski definition) is 5. The van der Waals surface area contributed by atoms with Crippen molar-refractivity contribution in [1.82, 2.24) is 19.7 Å². The Morgan fingerprint density at radius 1 is 1.12 bits per heavy atom. The molecule has 4 rings (SSSR count). The number of fused-ring (bicyclic) bond motifs is 1. The number of hydrogen-bond donors (Lipinski definition) is 0. The molecule has 1 amide bonds. The van der Waals surface area contributed by atoms with Crippen molar-refractivity contribution in [3.63, 3.8) is 0 Å². The third kappa shape index (κ3) is 4.14. The lowest BCUT2D eigenvalue weighted by atomic mass is 10.0. The van der Waals surface area contributed by atoms with Crippen LogP contribution in [0.3, 0.4) is 0 Å². The molecule has 0 saturated carbocycles. The fourth-order valence-corrected chi connectivity index (χ4v) is 3.70. The van der Waals surface area contributed by atoms with Crippen molar-refractivity contribution in [2.45, 2.75) is 39.3 Å². The SMILES string of the molecule is Cc1cc(-c2cncc(OCC(F)F)c2)nc2c1C(=O)N(c1cnn(CC(F)F)c1)C2C. The van der Waals surface area contributed by atoms with E-state index >= 15 is 0 Å². The molecule has 0 spiro atoms. The molecule has 3 aromatic rings. The molecular formula is C21H19F4N5O2. The van der Waals surface area contributed by atoms with Crippen LogP contribution in [-0.2, 0) is 6.54 Å². The van der Waals surface area contributed by atoms with Crippen LogP contribution in [0.5, 0.6) is 5.75 Å². The maximum Gasteiger partial charge on any atom is 0.272 e. The largest absolute Gasteiger partial charge is 0.486 e. The standard InChI is InChI=1S/C21H19F4N5O2/c1-11-3-16(13-4-15(7-26-5-13)32-10-18(24)25)28-20-12(2)30(21(31)19(11)20)14-6-27-29(8-14)9-17(22)23/h3-8,12,17-18H,9-10H2,1-2H3. The van der Waals surface area contributed by atoms with Gasteiger partial charge in [0.05, 0.1) is 41.1 Å².